The van der Waals surface area contributed by atoms with E-state index in [1.807, 2.05) is 13.0 Å². The molecule has 0 aliphatic carbocycles. The van der Waals surface area contributed by atoms with Crippen molar-refractivity contribution in [3.05, 3.63) is 29.8 Å². The first-order valence-corrected chi connectivity index (χ1v) is 7.23. The Balaban J connectivity index is 2.34. The lowest BCUT2D eigenvalue weighted by molar-refractivity contribution is -0.123. The lowest BCUT2D eigenvalue weighted by Gasteiger charge is -2.23. The highest BCUT2D eigenvalue weighted by atomic mass is 16.5. The molecule has 114 valence electrons. The van der Waals surface area contributed by atoms with E-state index in [1.165, 1.54) is 0 Å². The fourth-order valence-electron chi connectivity index (χ4n) is 2.01. The summed E-state index contributed by atoms with van der Waals surface area (Å²) in [6.07, 6.45) is 0. The van der Waals surface area contributed by atoms with Crippen LogP contribution in [0.4, 0.5) is 0 Å². The van der Waals surface area contributed by atoms with Crippen LogP contribution in [0.5, 0.6) is 5.75 Å². The number of nitrogens with zero attached hydrogens (tertiary/aromatic N) is 2. The SMILES string of the molecule is CCN(CC)CC(C)NC(=O)COc1ccc(C#N)cc1. The van der Waals surface area contributed by atoms with Gasteiger partial charge in [0.25, 0.3) is 5.91 Å². The molecule has 5 nitrogen and oxygen atoms in total. The standard InChI is InChI=1S/C16H23N3O2/c1-4-19(5-2)11-13(3)18-16(20)12-21-15-8-6-14(10-17)7-9-15/h6-9,13H,4-5,11-12H2,1-3H3,(H,18,20). The molecule has 1 unspecified atom stereocenters. The van der Waals surface area contributed by atoms with Crippen LogP contribution in [0.3, 0.4) is 0 Å². The minimum atomic E-state index is -0.140. The number of carbonyl (C=O) groups is 1. The second-order valence-electron chi connectivity index (χ2n) is 4.88. The van der Waals surface area contributed by atoms with Gasteiger partial charge >= 0.3 is 0 Å². The highest BCUT2D eigenvalue weighted by Crippen LogP contribution is 2.11. The van der Waals surface area contributed by atoms with Gasteiger partial charge in [-0.2, -0.15) is 5.26 Å². The molecule has 1 amide bonds. The van der Waals surface area contributed by atoms with Crippen molar-refractivity contribution in [2.45, 2.75) is 26.8 Å². The molecular formula is C16H23N3O2. The normalized spacial score (nSPS) is 11.8. The average Bonchev–Trinajstić information content (AvgIpc) is 2.51. The van der Waals surface area contributed by atoms with Gasteiger partial charge in [-0.15, -0.1) is 0 Å². The second-order valence-corrected chi connectivity index (χ2v) is 4.88. The van der Waals surface area contributed by atoms with Crippen LogP contribution in [-0.4, -0.2) is 43.1 Å². The number of nitriles is 1. The number of amides is 1. The molecule has 1 N–H and O–H groups in total. The molecule has 0 aromatic heterocycles. The molecule has 1 aromatic rings. The van der Waals surface area contributed by atoms with Crippen molar-refractivity contribution < 1.29 is 9.53 Å². The van der Waals surface area contributed by atoms with Crippen LogP contribution in [-0.2, 0) is 4.79 Å². The third kappa shape index (κ3) is 6.28. The van der Waals surface area contributed by atoms with Gasteiger partial charge in [-0.05, 0) is 44.3 Å². The van der Waals surface area contributed by atoms with Crippen molar-refractivity contribution in [3.8, 4) is 11.8 Å². The van der Waals surface area contributed by atoms with Crippen LogP contribution in [0, 0.1) is 11.3 Å². The van der Waals surface area contributed by atoms with Gasteiger partial charge in [-0.1, -0.05) is 13.8 Å². The van der Waals surface area contributed by atoms with E-state index in [1.54, 1.807) is 24.3 Å². The minimum Gasteiger partial charge on any atom is -0.484 e. The Morgan fingerprint density at radius 2 is 1.95 bits per heavy atom. The number of benzene rings is 1. The molecule has 0 bridgehead atoms. The maximum Gasteiger partial charge on any atom is 0.258 e. The maximum atomic E-state index is 11.8. The first-order valence-electron chi connectivity index (χ1n) is 7.23. The Morgan fingerprint density at radius 3 is 2.48 bits per heavy atom. The molecule has 1 rings (SSSR count). The molecule has 0 fully saturated rings. The summed E-state index contributed by atoms with van der Waals surface area (Å²) in [7, 11) is 0. The van der Waals surface area contributed by atoms with Gasteiger partial charge in [0.15, 0.2) is 6.61 Å². The summed E-state index contributed by atoms with van der Waals surface area (Å²) < 4.78 is 5.39. The highest BCUT2D eigenvalue weighted by molar-refractivity contribution is 5.77. The van der Waals surface area contributed by atoms with Crippen LogP contribution < -0.4 is 10.1 Å². The van der Waals surface area contributed by atoms with Crippen LogP contribution in [0.15, 0.2) is 24.3 Å². The van der Waals surface area contributed by atoms with Gasteiger partial charge < -0.3 is 15.0 Å². The summed E-state index contributed by atoms with van der Waals surface area (Å²) in [6, 6.07) is 8.82. The van der Waals surface area contributed by atoms with E-state index in [0.29, 0.717) is 11.3 Å². The molecule has 21 heavy (non-hydrogen) atoms. The minimum absolute atomic E-state index is 0.0194. The topological polar surface area (TPSA) is 65.4 Å². The Labute approximate surface area is 126 Å². The third-order valence-corrected chi connectivity index (χ3v) is 3.19. The van der Waals surface area contributed by atoms with E-state index in [-0.39, 0.29) is 18.6 Å². The Bertz CT molecular complexity index is 475. The Morgan fingerprint density at radius 1 is 1.33 bits per heavy atom. The number of hydrogen-bond donors (Lipinski definition) is 1. The maximum absolute atomic E-state index is 11.8. The molecule has 1 aromatic carbocycles. The molecule has 0 heterocycles. The fourth-order valence-corrected chi connectivity index (χ4v) is 2.01. The van der Waals surface area contributed by atoms with Crippen LogP contribution >= 0.6 is 0 Å². The molecule has 0 aliphatic heterocycles. The van der Waals surface area contributed by atoms with E-state index in [0.717, 1.165) is 19.6 Å². The first kappa shape index (κ1) is 17.0. The molecule has 0 spiro atoms. The zero-order valence-corrected chi connectivity index (χ0v) is 12.9. The van der Waals surface area contributed by atoms with Crippen molar-refractivity contribution >= 4 is 5.91 Å². The van der Waals surface area contributed by atoms with Crippen molar-refractivity contribution in [2.24, 2.45) is 0 Å². The lowest BCUT2D eigenvalue weighted by atomic mass is 10.2. The lowest BCUT2D eigenvalue weighted by Crippen LogP contribution is -2.43. The number of nitrogens with one attached hydrogen (secondary N) is 1. The molecule has 0 saturated heterocycles. The number of carbonyl (C=O) groups excluding carboxylic acids is 1. The number of ether oxygens (including phenoxy) is 1. The summed E-state index contributed by atoms with van der Waals surface area (Å²) in [6.45, 7) is 8.94. The molecule has 0 radical (unpaired) electrons. The zero-order valence-electron chi connectivity index (χ0n) is 12.9. The fraction of sp³-hybridized carbons (Fsp3) is 0.500. The van der Waals surface area contributed by atoms with Crippen molar-refractivity contribution in [1.29, 1.82) is 5.26 Å². The van der Waals surface area contributed by atoms with Crippen molar-refractivity contribution in [1.82, 2.24) is 10.2 Å². The van der Waals surface area contributed by atoms with Gasteiger partial charge in [0, 0.05) is 12.6 Å². The summed E-state index contributed by atoms with van der Waals surface area (Å²) in [4.78, 5) is 14.1. The van der Waals surface area contributed by atoms with E-state index >= 15 is 0 Å². The van der Waals surface area contributed by atoms with Gasteiger partial charge in [-0.25, -0.2) is 0 Å². The number of hydrogen-bond acceptors (Lipinski definition) is 4. The number of rotatable bonds is 8. The average molecular weight is 289 g/mol. The van der Waals surface area contributed by atoms with Crippen LogP contribution in [0.2, 0.25) is 0 Å². The third-order valence-electron chi connectivity index (χ3n) is 3.19. The van der Waals surface area contributed by atoms with Gasteiger partial charge in [0.05, 0.1) is 11.6 Å². The highest BCUT2D eigenvalue weighted by Gasteiger charge is 2.10. The van der Waals surface area contributed by atoms with Crippen molar-refractivity contribution in [3.63, 3.8) is 0 Å². The summed E-state index contributed by atoms with van der Waals surface area (Å²) >= 11 is 0. The molecule has 1 atom stereocenters. The molecular weight excluding hydrogens is 266 g/mol. The van der Waals surface area contributed by atoms with E-state index < -0.39 is 0 Å². The van der Waals surface area contributed by atoms with E-state index in [4.69, 9.17) is 10.00 Å². The molecule has 0 saturated carbocycles. The smallest absolute Gasteiger partial charge is 0.258 e. The predicted molar refractivity (Wildman–Crippen MR) is 82.0 cm³/mol. The largest absolute Gasteiger partial charge is 0.484 e. The van der Waals surface area contributed by atoms with Gasteiger partial charge in [0.1, 0.15) is 5.75 Å². The summed E-state index contributed by atoms with van der Waals surface area (Å²) in [5.74, 6) is 0.444. The van der Waals surface area contributed by atoms with Crippen LogP contribution in [0.25, 0.3) is 0 Å². The Hall–Kier alpha value is -2.06. The van der Waals surface area contributed by atoms with Crippen molar-refractivity contribution in [2.75, 3.05) is 26.2 Å². The summed E-state index contributed by atoms with van der Waals surface area (Å²) in [5.41, 5.74) is 0.569. The second kappa shape index (κ2) is 8.98. The summed E-state index contributed by atoms with van der Waals surface area (Å²) in [5, 5.41) is 11.6. The monoisotopic (exact) mass is 289 g/mol. The van der Waals surface area contributed by atoms with Gasteiger partial charge in [0.2, 0.25) is 0 Å². The zero-order chi connectivity index (χ0) is 15.7. The number of likely N-dealkylation sites (N-methyl/N-ethyl adjacent to an activating group) is 1. The molecule has 5 heteroatoms. The molecule has 0 aliphatic rings. The quantitative estimate of drug-likeness (QED) is 0.792. The predicted octanol–water partition coefficient (Wildman–Crippen LogP) is 1.78. The first-order chi connectivity index (χ1) is 10.1. The van der Waals surface area contributed by atoms with Crippen LogP contribution in [0.1, 0.15) is 26.3 Å². The Kier molecular flexibility index (Phi) is 7.27. The van der Waals surface area contributed by atoms with Gasteiger partial charge in [-0.3, -0.25) is 4.79 Å². The van der Waals surface area contributed by atoms with E-state index in [2.05, 4.69) is 24.1 Å². The van der Waals surface area contributed by atoms with E-state index in [9.17, 15) is 4.79 Å².